The van der Waals surface area contributed by atoms with Crippen molar-refractivity contribution >= 4 is 29.3 Å². The van der Waals surface area contributed by atoms with Crippen molar-refractivity contribution < 1.29 is 9.53 Å². The third-order valence-electron chi connectivity index (χ3n) is 2.87. The molecule has 3 nitrogen and oxygen atoms in total. The summed E-state index contributed by atoms with van der Waals surface area (Å²) >= 11 is 7.62. The molecule has 0 aliphatic rings. The molecular weight excluding hydrogens is 282 g/mol. The van der Waals surface area contributed by atoms with Gasteiger partial charge in [-0.15, -0.1) is 11.8 Å². The second-order valence-corrected chi connectivity index (χ2v) is 6.01. The first-order valence-corrected chi connectivity index (χ1v) is 7.60. The van der Waals surface area contributed by atoms with Crippen molar-refractivity contribution in [2.24, 2.45) is 0 Å². The van der Waals surface area contributed by atoms with Gasteiger partial charge < -0.3 is 10.1 Å². The molecule has 106 valence electrons. The first kappa shape index (κ1) is 16.3. The standard InChI is InChI=1S/C14H20ClNO2S/c1-4-16-14(2,13(17)18-3)8-9-19-12-7-5-6-11(15)10-12/h5-7,10,16H,4,8-9H2,1-3H3. The highest BCUT2D eigenvalue weighted by molar-refractivity contribution is 7.99. The molecule has 0 fully saturated rings. The van der Waals surface area contributed by atoms with Crippen molar-refractivity contribution in [2.75, 3.05) is 19.4 Å². The molecule has 1 atom stereocenters. The van der Waals surface area contributed by atoms with Crippen LogP contribution in [0, 0.1) is 0 Å². The van der Waals surface area contributed by atoms with Gasteiger partial charge in [-0.1, -0.05) is 24.6 Å². The van der Waals surface area contributed by atoms with Gasteiger partial charge in [0.1, 0.15) is 5.54 Å². The monoisotopic (exact) mass is 301 g/mol. The Kier molecular flexibility index (Phi) is 6.69. The van der Waals surface area contributed by atoms with E-state index in [2.05, 4.69) is 5.32 Å². The van der Waals surface area contributed by atoms with Crippen LogP contribution in [-0.2, 0) is 9.53 Å². The fraction of sp³-hybridized carbons (Fsp3) is 0.500. The molecule has 1 unspecified atom stereocenters. The van der Waals surface area contributed by atoms with Gasteiger partial charge >= 0.3 is 5.97 Å². The van der Waals surface area contributed by atoms with Gasteiger partial charge in [0.25, 0.3) is 0 Å². The Bertz CT molecular complexity index is 428. The number of esters is 1. The van der Waals surface area contributed by atoms with E-state index in [0.717, 1.165) is 22.2 Å². The van der Waals surface area contributed by atoms with Crippen molar-refractivity contribution in [3.8, 4) is 0 Å². The largest absolute Gasteiger partial charge is 0.468 e. The Labute approximate surface area is 124 Å². The molecule has 1 aromatic rings. The minimum absolute atomic E-state index is 0.221. The van der Waals surface area contributed by atoms with E-state index in [9.17, 15) is 4.79 Å². The number of benzene rings is 1. The van der Waals surface area contributed by atoms with Gasteiger partial charge in [0.15, 0.2) is 0 Å². The number of hydrogen-bond donors (Lipinski definition) is 1. The summed E-state index contributed by atoms with van der Waals surface area (Å²) in [6.45, 7) is 4.58. The Morgan fingerprint density at radius 2 is 2.26 bits per heavy atom. The Morgan fingerprint density at radius 1 is 1.53 bits per heavy atom. The SMILES string of the molecule is CCNC(C)(CCSc1cccc(Cl)c1)C(=O)OC. The Balaban J connectivity index is 2.55. The number of rotatable bonds is 7. The van der Waals surface area contributed by atoms with Crippen LogP contribution in [-0.4, -0.2) is 30.9 Å². The van der Waals surface area contributed by atoms with E-state index in [0.29, 0.717) is 6.42 Å². The van der Waals surface area contributed by atoms with Crippen LogP contribution in [0.5, 0.6) is 0 Å². The second kappa shape index (κ2) is 7.78. The predicted molar refractivity (Wildman–Crippen MR) is 80.9 cm³/mol. The minimum Gasteiger partial charge on any atom is -0.468 e. The normalized spacial score (nSPS) is 13.9. The van der Waals surface area contributed by atoms with Gasteiger partial charge in [0.05, 0.1) is 7.11 Å². The van der Waals surface area contributed by atoms with Crippen LogP contribution in [0.25, 0.3) is 0 Å². The number of carbonyl (C=O) groups is 1. The minimum atomic E-state index is -0.630. The highest BCUT2D eigenvalue weighted by atomic mass is 35.5. The predicted octanol–water partition coefficient (Wildman–Crippen LogP) is 3.36. The summed E-state index contributed by atoms with van der Waals surface area (Å²) in [5, 5.41) is 3.92. The first-order chi connectivity index (χ1) is 9.01. The van der Waals surface area contributed by atoms with Crippen LogP contribution in [0.2, 0.25) is 5.02 Å². The lowest BCUT2D eigenvalue weighted by Gasteiger charge is -2.27. The molecule has 0 saturated heterocycles. The van der Waals surface area contributed by atoms with Crippen LogP contribution in [0.3, 0.4) is 0 Å². The van der Waals surface area contributed by atoms with Crippen LogP contribution in [0.15, 0.2) is 29.2 Å². The number of methoxy groups -OCH3 is 1. The molecule has 0 aliphatic heterocycles. The third kappa shape index (κ3) is 5.05. The highest BCUT2D eigenvalue weighted by Gasteiger charge is 2.32. The maximum absolute atomic E-state index is 11.8. The molecule has 0 bridgehead atoms. The maximum Gasteiger partial charge on any atom is 0.325 e. The van der Waals surface area contributed by atoms with Gasteiger partial charge in [-0.25, -0.2) is 0 Å². The molecule has 5 heteroatoms. The number of likely N-dealkylation sites (N-methyl/N-ethyl adjacent to an activating group) is 1. The van der Waals surface area contributed by atoms with Crippen molar-refractivity contribution in [3.63, 3.8) is 0 Å². The lowest BCUT2D eigenvalue weighted by Crippen LogP contribution is -2.50. The summed E-state index contributed by atoms with van der Waals surface area (Å²) in [5.41, 5.74) is -0.630. The summed E-state index contributed by atoms with van der Waals surface area (Å²) in [6.07, 6.45) is 0.699. The molecule has 0 spiro atoms. The summed E-state index contributed by atoms with van der Waals surface area (Å²) in [4.78, 5) is 12.9. The number of nitrogens with one attached hydrogen (secondary N) is 1. The molecule has 0 heterocycles. The maximum atomic E-state index is 11.8. The van der Waals surface area contributed by atoms with Crippen LogP contribution in [0.1, 0.15) is 20.3 Å². The van der Waals surface area contributed by atoms with Crippen LogP contribution >= 0.6 is 23.4 Å². The zero-order valence-electron chi connectivity index (χ0n) is 11.5. The number of halogens is 1. The van der Waals surface area contributed by atoms with Gasteiger partial charge in [-0.3, -0.25) is 4.79 Å². The van der Waals surface area contributed by atoms with Gasteiger partial charge in [0.2, 0.25) is 0 Å². The Hall–Kier alpha value is -0.710. The van der Waals surface area contributed by atoms with Crippen LogP contribution in [0.4, 0.5) is 0 Å². The molecule has 1 aromatic carbocycles. The van der Waals surface area contributed by atoms with Gasteiger partial charge in [-0.2, -0.15) is 0 Å². The van der Waals surface area contributed by atoms with E-state index in [4.69, 9.17) is 16.3 Å². The highest BCUT2D eigenvalue weighted by Crippen LogP contribution is 2.24. The smallest absolute Gasteiger partial charge is 0.325 e. The molecule has 0 radical (unpaired) electrons. The third-order valence-corrected chi connectivity index (χ3v) is 4.10. The van der Waals surface area contributed by atoms with Crippen molar-refractivity contribution in [1.82, 2.24) is 5.32 Å². The topological polar surface area (TPSA) is 38.3 Å². The number of thioether (sulfide) groups is 1. The second-order valence-electron chi connectivity index (χ2n) is 4.41. The molecule has 0 saturated carbocycles. The average molecular weight is 302 g/mol. The van der Waals surface area contributed by atoms with E-state index in [-0.39, 0.29) is 5.97 Å². The lowest BCUT2D eigenvalue weighted by molar-refractivity contribution is -0.147. The number of ether oxygens (including phenoxy) is 1. The summed E-state index contributed by atoms with van der Waals surface area (Å²) < 4.78 is 4.86. The summed E-state index contributed by atoms with van der Waals surface area (Å²) in [7, 11) is 1.42. The van der Waals surface area contributed by atoms with Crippen LogP contribution < -0.4 is 5.32 Å². The molecular formula is C14H20ClNO2S. The molecule has 1 N–H and O–H groups in total. The fourth-order valence-corrected chi connectivity index (χ4v) is 3.19. The average Bonchev–Trinajstić information content (AvgIpc) is 2.38. The molecule has 0 aliphatic carbocycles. The van der Waals surface area contributed by atoms with E-state index < -0.39 is 5.54 Å². The fourth-order valence-electron chi connectivity index (χ4n) is 1.81. The van der Waals surface area contributed by atoms with Crippen molar-refractivity contribution in [1.29, 1.82) is 0 Å². The number of carbonyl (C=O) groups excluding carboxylic acids is 1. The van der Waals surface area contributed by atoms with Crippen molar-refractivity contribution in [2.45, 2.75) is 30.7 Å². The lowest BCUT2D eigenvalue weighted by atomic mass is 9.99. The molecule has 0 amide bonds. The van der Waals surface area contributed by atoms with Gasteiger partial charge in [-0.05, 0) is 38.1 Å². The zero-order chi connectivity index (χ0) is 14.3. The first-order valence-electron chi connectivity index (χ1n) is 6.23. The van der Waals surface area contributed by atoms with Gasteiger partial charge in [0, 0.05) is 15.7 Å². The van der Waals surface area contributed by atoms with E-state index in [1.807, 2.05) is 38.1 Å². The number of hydrogen-bond acceptors (Lipinski definition) is 4. The van der Waals surface area contributed by atoms with E-state index in [1.165, 1.54) is 7.11 Å². The summed E-state index contributed by atoms with van der Waals surface area (Å²) in [5.74, 6) is 0.597. The molecule has 1 rings (SSSR count). The Morgan fingerprint density at radius 3 is 2.84 bits per heavy atom. The summed E-state index contributed by atoms with van der Waals surface area (Å²) in [6, 6.07) is 7.71. The van der Waals surface area contributed by atoms with Crippen molar-refractivity contribution in [3.05, 3.63) is 29.3 Å². The quantitative estimate of drug-likeness (QED) is 0.619. The molecule has 19 heavy (non-hydrogen) atoms. The van der Waals surface area contributed by atoms with E-state index in [1.54, 1.807) is 11.8 Å². The zero-order valence-corrected chi connectivity index (χ0v) is 13.1. The van der Waals surface area contributed by atoms with E-state index >= 15 is 0 Å². The molecule has 0 aromatic heterocycles.